The van der Waals surface area contributed by atoms with Gasteiger partial charge < -0.3 is 14.9 Å². The first kappa shape index (κ1) is 12.1. The standard InChI is InChI=1S/C13H21N3O2/c17-13(7-4-8-14-9-13)12-15-11(16-18-12)10-5-2-1-3-6-10/h10,14,17H,1-9H2. The normalized spacial score (nSPS) is 30.5. The van der Waals surface area contributed by atoms with Crippen molar-refractivity contribution in [2.45, 2.75) is 56.5 Å². The average Bonchev–Trinajstić information content (AvgIpc) is 2.91. The lowest BCUT2D eigenvalue weighted by Gasteiger charge is -2.28. The largest absolute Gasteiger partial charge is 0.379 e. The van der Waals surface area contributed by atoms with Crippen molar-refractivity contribution in [1.29, 1.82) is 0 Å². The van der Waals surface area contributed by atoms with Gasteiger partial charge in [0.15, 0.2) is 11.4 Å². The summed E-state index contributed by atoms with van der Waals surface area (Å²) in [6.07, 6.45) is 7.75. The predicted octanol–water partition coefficient (Wildman–Crippen LogP) is 1.69. The molecule has 1 aliphatic heterocycles. The highest BCUT2D eigenvalue weighted by atomic mass is 16.5. The van der Waals surface area contributed by atoms with Crippen LogP contribution in [-0.2, 0) is 5.60 Å². The summed E-state index contributed by atoms with van der Waals surface area (Å²) < 4.78 is 5.31. The molecule has 1 saturated heterocycles. The van der Waals surface area contributed by atoms with Gasteiger partial charge in [0.1, 0.15) is 0 Å². The van der Waals surface area contributed by atoms with Crippen LogP contribution in [0.25, 0.3) is 0 Å². The third kappa shape index (κ3) is 2.29. The molecule has 18 heavy (non-hydrogen) atoms. The van der Waals surface area contributed by atoms with Crippen molar-refractivity contribution in [3.63, 3.8) is 0 Å². The van der Waals surface area contributed by atoms with E-state index in [-0.39, 0.29) is 0 Å². The molecule has 1 aromatic heterocycles. The van der Waals surface area contributed by atoms with Crippen LogP contribution in [0.4, 0.5) is 0 Å². The molecule has 2 fully saturated rings. The molecule has 1 aromatic rings. The number of hydrogen-bond donors (Lipinski definition) is 2. The van der Waals surface area contributed by atoms with Gasteiger partial charge >= 0.3 is 0 Å². The lowest BCUT2D eigenvalue weighted by molar-refractivity contribution is -0.0167. The summed E-state index contributed by atoms with van der Waals surface area (Å²) in [6.45, 7) is 1.46. The van der Waals surface area contributed by atoms with E-state index in [0.717, 1.165) is 31.6 Å². The second kappa shape index (κ2) is 4.97. The smallest absolute Gasteiger partial charge is 0.259 e. The molecule has 0 bridgehead atoms. The Kier molecular flexibility index (Phi) is 3.35. The second-order valence-electron chi connectivity index (χ2n) is 5.60. The Bertz CT molecular complexity index is 393. The molecular weight excluding hydrogens is 230 g/mol. The number of nitrogens with one attached hydrogen (secondary N) is 1. The summed E-state index contributed by atoms with van der Waals surface area (Å²) in [5.74, 6) is 1.62. The minimum absolute atomic E-state index is 0.398. The minimum atomic E-state index is -0.960. The first-order valence-electron chi connectivity index (χ1n) is 7.05. The van der Waals surface area contributed by atoms with Crippen LogP contribution in [0.15, 0.2) is 4.52 Å². The molecule has 0 amide bonds. The van der Waals surface area contributed by atoms with E-state index in [1.807, 2.05) is 0 Å². The fraction of sp³-hybridized carbons (Fsp3) is 0.846. The lowest BCUT2D eigenvalue weighted by Crippen LogP contribution is -2.43. The highest BCUT2D eigenvalue weighted by Gasteiger charge is 2.37. The number of rotatable bonds is 2. The first-order valence-corrected chi connectivity index (χ1v) is 7.05. The van der Waals surface area contributed by atoms with Gasteiger partial charge in [-0.15, -0.1) is 0 Å². The fourth-order valence-corrected chi connectivity index (χ4v) is 3.02. The first-order chi connectivity index (χ1) is 8.78. The Morgan fingerprint density at radius 3 is 2.78 bits per heavy atom. The monoisotopic (exact) mass is 251 g/mol. The van der Waals surface area contributed by atoms with Gasteiger partial charge in [-0.3, -0.25) is 0 Å². The zero-order valence-corrected chi connectivity index (χ0v) is 10.7. The van der Waals surface area contributed by atoms with E-state index >= 15 is 0 Å². The van der Waals surface area contributed by atoms with Crippen molar-refractivity contribution in [3.8, 4) is 0 Å². The van der Waals surface area contributed by atoms with Gasteiger partial charge in [0.2, 0.25) is 0 Å². The molecule has 2 heterocycles. The van der Waals surface area contributed by atoms with Crippen LogP contribution in [0.5, 0.6) is 0 Å². The zero-order chi connectivity index (χ0) is 12.4. The van der Waals surface area contributed by atoms with E-state index in [0.29, 0.717) is 24.8 Å². The van der Waals surface area contributed by atoms with Crippen LogP contribution >= 0.6 is 0 Å². The Morgan fingerprint density at radius 1 is 1.22 bits per heavy atom. The zero-order valence-electron chi connectivity index (χ0n) is 10.7. The minimum Gasteiger partial charge on any atom is -0.379 e. The maximum Gasteiger partial charge on any atom is 0.259 e. The van der Waals surface area contributed by atoms with E-state index < -0.39 is 5.60 Å². The fourth-order valence-electron chi connectivity index (χ4n) is 3.02. The number of aliphatic hydroxyl groups is 1. The van der Waals surface area contributed by atoms with Gasteiger partial charge in [-0.25, -0.2) is 0 Å². The summed E-state index contributed by atoms with van der Waals surface area (Å²) in [7, 11) is 0. The van der Waals surface area contributed by atoms with E-state index in [9.17, 15) is 5.11 Å². The molecule has 5 heteroatoms. The molecule has 0 radical (unpaired) electrons. The molecule has 0 aromatic carbocycles. The van der Waals surface area contributed by atoms with Crippen LogP contribution < -0.4 is 5.32 Å². The Labute approximate surface area is 107 Å². The van der Waals surface area contributed by atoms with Gasteiger partial charge in [-0.1, -0.05) is 24.4 Å². The molecule has 2 aliphatic rings. The summed E-state index contributed by atoms with van der Waals surface area (Å²) in [4.78, 5) is 4.46. The average molecular weight is 251 g/mol. The van der Waals surface area contributed by atoms with Crippen LogP contribution in [0.2, 0.25) is 0 Å². The van der Waals surface area contributed by atoms with Crippen molar-refractivity contribution in [2.24, 2.45) is 0 Å². The number of piperidine rings is 1. The van der Waals surface area contributed by atoms with Crippen molar-refractivity contribution in [2.75, 3.05) is 13.1 Å². The third-order valence-electron chi connectivity index (χ3n) is 4.17. The molecule has 1 aliphatic carbocycles. The predicted molar refractivity (Wildman–Crippen MR) is 66.1 cm³/mol. The van der Waals surface area contributed by atoms with Crippen LogP contribution in [0, 0.1) is 0 Å². The Balaban J connectivity index is 1.75. The summed E-state index contributed by atoms with van der Waals surface area (Å²) >= 11 is 0. The van der Waals surface area contributed by atoms with Crippen molar-refractivity contribution >= 4 is 0 Å². The summed E-state index contributed by atoms with van der Waals surface area (Å²) in [5, 5.41) is 17.8. The van der Waals surface area contributed by atoms with Crippen molar-refractivity contribution in [1.82, 2.24) is 15.5 Å². The van der Waals surface area contributed by atoms with Crippen molar-refractivity contribution in [3.05, 3.63) is 11.7 Å². The maximum atomic E-state index is 10.5. The maximum absolute atomic E-state index is 10.5. The van der Waals surface area contributed by atoms with Crippen molar-refractivity contribution < 1.29 is 9.63 Å². The third-order valence-corrected chi connectivity index (χ3v) is 4.17. The highest BCUT2D eigenvalue weighted by molar-refractivity contribution is 5.05. The topological polar surface area (TPSA) is 71.2 Å². The van der Waals surface area contributed by atoms with Gasteiger partial charge in [-0.2, -0.15) is 4.98 Å². The molecular formula is C13H21N3O2. The SMILES string of the molecule is OC1(c2nc(C3CCCCC3)no2)CCCNC1. The summed E-state index contributed by atoms with van der Waals surface area (Å²) in [5.41, 5.74) is -0.960. The van der Waals surface area contributed by atoms with Crippen LogP contribution in [0.1, 0.15) is 62.6 Å². The number of aromatic nitrogens is 2. The Morgan fingerprint density at radius 2 is 2.06 bits per heavy atom. The van der Waals surface area contributed by atoms with Gasteiger partial charge in [-0.05, 0) is 32.2 Å². The highest BCUT2D eigenvalue weighted by Crippen LogP contribution is 2.33. The van der Waals surface area contributed by atoms with E-state index in [1.54, 1.807) is 0 Å². The van der Waals surface area contributed by atoms with E-state index in [4.69, 9.17) is 4.52 Å². The molecule has 1 unspecified atom stereocenters. The molecule has 0 spiro atoms. The molecule has 1 saturated carbocycles. The molecule has 5 nitrogen and oxygen atoms in total. The Hall–Kier alpha value is -0.940. The van der Waals surface area contributed by atoms with E-state index in [2.05, 4.69) is 15.5 Å². The lowest BCUT2D eigenvalue weighted by atomic mass is 9.88. The van der Waals surface area contributed by atoms with E-state index in [1.165, 1.54) is 19.3 Å². The quantitative estimate of drug-likeness (QED) is 0.837. The van der Waals surface area contributed by atoms with Gasteiger partial charge in [0.05, 0.1) is 0 Å². The number of β-amino-alcohol motifs (C(OH)–C–C–N with tert-alkyl or cyclic N) is 1. The second-order valence-corrected chi connectivity index (χ2v) is 5.60. The van der Waals surface area contributed by atoms with Crippen LogP contribution in [0.3, 0.4) is 0 Å². The summed E-state index contributed by atoms with van der Waals surface area (Å²) in [6, 6.07) is 0. The van der Waals surface area contributed by atoms with Crippen LogP contribution in [-0.4, -0.2) is 28.3 Å². The molecule has 100 valence electrons. The number of nitrogens with zero attached hydrogens (tertiary/aromatic N) is 2. The molecule has 1 atom stereocenters. The van der Waals surface area contributed by atoms with Gasteiger partial charge in [0, 0.05) is 12.5 Å². The molecule has 3 rings (SSSR count). The van der Waals surface area contributed by atoms with Gasteiger partial charge in [0.25, 0.3) is 5.89 Å². The molecule has 2 N–H and O–H groups in total. The number of hydrogen-bond acceptors (Lipinski definition) is 5.